The number of hydrogen-bond acceptors (Lipinski definition) is 6. The summed E-state index contributed by atoms with van der Waals surface area (Å²) in [5.74, 6) is 1.42. The molecule has 1 aliphatic carbocycles. The lowest BCUT2D eigenvalue weighted by Crippen LogP contribution is -2.54. The Bertz CT molecular complexity index is 5320. The maximum atomic E-state index is 15.2. The SMILES string of the molecule is FC(F)(F)C(c1ccc(-c2nc(-c3ccccc3)nc(-c3ccccc3)n2)cc1)(c1ccc(-n2c3ccccc3c3ccccc32)cc1)C(F)(F)F.FC(F)(F)C(c1ccc(Br)cc1)(c1ccc(-c2nc(-c3ccccc3)nc(-c3ccccc3)n2)cc1)C(F)(F)F.c1ccc2c(c1)Cc1ccccc1-2. The average Bonchev–Trinajstić information content (AvgIpc) is 1.42. The predicted octanol–water partition coefficient (Wildman–Crippen LogP) is 23.7. The maximum absolute atomic E-state index is 15.2. The Balaban J connectivity index is 0.000000154. The third-order valence-corrected chi connectivity index (χ3v) is 18.9. The van der Waals surface area contributed by atoms with Crippen LogP contribution in [0.3, 0.4) is 0 Å². The Morgan fingerprint density at radius 3 is 0.781 bits per heavy atom. The van der Waals surface area contributed by atoms with E-state index in [1.807, 2.05) is 77.4 Å². The van der Waals surface area contributed by atoms with Gasteiger partial charge in [-0.3, -0.25) is 0 Å². The first kappa shape index (κ1) is 70.2. The van der Waals surface area contributed by atoms with Crippen LogP contribution in [0.25, 0.3) is 107 Å². The van der Waals surface area contributed by atoms with Crippen LogP contribution < -0.4 is 0 Å². The second-order valence-corrected chi connectivity index (χ2v) is 25.6. The topological polar surface area (TPSA) is 82.3 Å². The van der Waals surface area contributed by atoms with Crippen LogP contribution in [0.15, 0.2) is 320 Å². The summed E-state index contributed by atoms with van der Waals surface area (Å²) in [5.41, 5.74) is -1.59. The molecule has 3 aromatic heterocycles. The van der Waals surface area contributed by atoms with Crippen LogP contribution in [0.4, 0.5) is 52.7 Å². The van der Waals surface area contributed by atoms with E-state index in [1.54, 1.807) is 97.1 Å². The van der Waals surface area contributed by atoms with Gasteiger partial charge >= 0.3 is 24.7 Å². The molecule has 0 bridgehead atoms. The minimum Gasteiger partial charge on any atom is -0.309 e. The van der Waals surface area contributed by atoms with Crippen molar-refractivity contribution in [3.05, 3.63) is 353 Å². The predicted molar refractivity (Wildman–Crippen MR) is 388 cm³/mol. The lowest BCUT2D eigenvalue weighted by atomic mass is 9.72. The van der Waals surface area contributed by atoms with E-state index in [0.717, 1.165) is 88.9 Å². The summed E-state index contributed by atoms with van der Waals surface area (Å²) in [5, 5.41) is 1.82. The van der Waals surface area contributed by atoms with E-state index < -0.39 is 57.8 Å². The van der Waals surface area contributed by atoms with Gasteiger partial charge < -0.3 is 4.57 Å². The van der Waals surface area contributed by atoms with E-state index in [1.165, 1.54) is 58.7 Å². The molecule has 1 aliphatic rings. The molecule has 0 fully saturated rings. The number of alkyl halides is 12. The quantitative estimate of drug-likeness (QED) is 0.120. The van der Waals surface area contributed by atoms with Crippen LogP contribution in [-0.2, 0) is 17.3 Å². The van der Waals surface area contributed by atoms with E-state index in [0.29, 0.717) is 55.7 Å². The molecule has 0 atom stereocenters. The third-order valence-electron chi connectivity index (χ3n) is 18.4. The van der Waals surface area contributed by atoms with Gasteiger partial charge in [0.15, 0.2) is 34.9 Å². The monoisotopic (exact) mass is 1480 g/mol. The second kappa shape index (κ2) is 28.4. The number of halogens is 13. The number of nitrogens with zero attached hydrogens (tertiary/aromatic N) is 7. The van der Waals surface area contributed by atoms with Gasteiger partial charge in [-0.2, -0.15) is 52.7 Å². The fraction of sp³-hybridized carbons (Fsp3) is 0.0824. The zero-order chi connectivity index (χ0) is 73.3. The van der Waals surface area contributed by atoms with Crippen molar-refractivity contribution < 1.29 is 52.7 Å². The number of fused-ring (bicyclic) bond motifs is 6. The van der Waals surface area contributed by atoms with E-state index in [9.17, 15) is 26.3 Å². The number of benzene rings is 12. The Labute approximate surface area is 602 Å². The van der Waals surface area contributed by atoms with Crippen molar-refractivity contribution in [3.63, 3.8) is 0 Å². The van der Waals surface area contributed by atoms with Crippen molar-refractivity contribution in [3.8, 4) is 85.1 Å². The highest BCUT2D eigenvalue weighted by Crippen LogP contribution is 2.58. The standard InChI is InChI=1S/C42H26F6N4.C30H18BrF6N3.C13H10/c43-41(44,45)40(42(46,47)48,31-23-25-32(26-24-31)52-35-17-9-7-15-33(35)34-16-8-10-18-36(34)52)30-21-19-29(20-22-30)39-50-37(27-11-3-1-4-12-27)49-38(51-39)28-13-5-2-6-14-28;31-24-17-15-23(16-18-24)28(29(32,33)34,30(35,36)37)22-13-11-21(12-14-22)27-39-25(19-7-3-1-4-8-19)38-26(40-27)20-9-5-2-6-10-20;1-3-7-12-10(5-1)9-11-6-2-4-8-13(11)12/h1-26H;1-18H;1-8H,9H2. The number of aromatic nitrogens is 7. The Kier molecular flexibility index (Phi) is 19.0. The molecule has 0 saturated carbocycles. The fourth-order valence-corrected chi connectivity index (χ4v) is 13.7. The molecule has 15 aromatic rings. The minimum atomic E-state index is -5.75. The molecule has 520 valence electrons. The lowest BCUT2D eigenvalue weighted by Gasteiger charge is -2.38. The van der Waals surface area contributed by atoms with Gasteiger partial charge in [-0.25, -0.2) is 29.9 Å². The van der Waals surface area contributed by atoms with Crippen molar-refractivity contribution in [1.82, 2.24) is 34.5 Å². The zero-order valence-electron chi connectivity index (χ0n) is 54.8. The summed E-state index contributed by atoms with van der Waals surface area (Å²) in [6.45, 7) is 0. The van der Waals surface area contributed by atoms with Gasteiger partial charge in [0.2, 0.25) is 10.8 Å². The number of hydrogen-bond donors (Lipinski definition) is 0. The third kappa shape index (κ3) is 13.4. The van der Waals surface area contributed by atoms with Gasteiger partial charge in [0.25, 0.3) is 0 Å². The highest BCUT2D eigenvalue weighted by molar-refractivity contribution is 9.10. The molecule has 0 spiro atoms. The van der Waals surface area contributed by atoms with E-state index >= 15 is 26.3 Å². The maximum Gasteiger partial charge on any atom is 0.411 e. The van der Waals surface area contributed by atoms with E-state index in [4.69, 9.17) is 0 Å². The summed E-state index contributed by atoms with van der Waals surface area (Å²) >= 11 is 3.07. The fourth-order valence-electron chi connectivity index (χ4n) is 13.4. The second-order valence-electron chi connectivity index (χ2n) is 24.6. The summed E-state index contributed by atoms with van der Waals surface area (Å²) in [6.07, 6.45) is -21.8. The molecule has 16 rings (SSSR count). The lowest BCUT2D eigenvalue weighted by molar-refractivity contribution is -0.290. The molecule has 0 radical (unpaired) electrons. The number of para-hydroxylation sites is 2. The molecule has 20 heteroatoms. The molecule has 0 amide bonds. The van der Waals surface area contributed by atoms with Crippen LogP contribution in [0, 0.1) is 0 Å². The molecule has 0 N–H and O–H groups in total. The van der Waals surface area contributed by atoms with Crippen molar-refractivity contribution in [2.75, 3.05) is 0 Å². The molecule has 3 heterocycles. The molecular weight excluding hydrogens is 1430 g/mol. The largest absolute Gasteiger partial charge is 0.411 e. The molecule has 0 saturated heterocycles. The Morgan fingerprint density at radius 2 is 0.486 bits per heavy atom. The highest BCUT2D eigenvalue weighted by atomic mass is 79.9. The molecular formula is C85H54BrF12N7. The van der Waals surface area contributed by atoms with Crippen molar-refractivity contribution in [1.29, 1.82) is 0 Å². The van der Waals surface area contributed by atoms with Crippen LogP contribution in [0.2, 0.25) is 0 Å². The van der Waals surface area contributed by atoms with Gasteiger partial charge in [0, 0.05) is 54.3 Å². The van der Waals surface area contributed by atoms with Crippen molar-refractivity contribution >= 4 is 37.7 Å². The van der Waals surface area contributed by atoms with E-state index in [2.05, 4.69) is 94.4 Å². The van der Waals surface area contributed by atoms with Crippen molar-refractivity contribution in [2.24, 2.45) is 0 Å². The van der Waals surface area contributed by atoms with Gasteiger partial charge in [-0.1, -0.05) is 295 Å². The normalized spacial score (nSPS) is 12.4. The molecule has 7 nitrogen and oxygen atoms in total. The first-order chi connectivity index (χ1) is 50.5. The van der Waals surface area contributed by atoms with Gasteiger partial charge in [-0.15, -0.1) is 0 Å². The first-order valence-corrected chi connectivity index (χ1v) is 33.5. The molecule has 105 heavy (non-hydrogen) atoms. The Morgan fingerprint density at radius 1 is 0.248 bits per heavy atom. The highest BCUT2D eigenvalue weighted by Gasteiger charge is 2.73. The Hall–Kier alpha value is -11.9. The summed E-state index contributed by atoms with van der Waals surface area (Å²) in [4.78, 5) is 27.2. The number of rotatable bonds is 11. The van der Waals surface area contributed by atoms with Gasteiger partial charge in [0.05, 0.1) is 11.0 Å². The minimum absolute atomic E-state index is 0.0967. The zero-order valence-corrected chi connectivity index (χ0v) is 56.4. The van der Waals surface area contributed by atoms with Gasteiger partial charge in [-0.05, 0) is 87.3 Å². The molecule has 0 unspecified atom stereocenters. The van der Waals surface area contributed by atoms with Crippen molar-refractivity contribution in [2.45, 2.75) is 42.0 Å². The molecule has 0 aliphatic heterocycles. The van der Waals surface area contributed by atoms with E-state index in [-0.39, 0.29) is 22.8 Å². The summed E-state index contributed by atoms with van der Waals surface area (Å²) < 4.78 is 180. The average molecular weight is 1480 g/mol. The summed E-state index contributed by atoms with van der Waals surface area (Å²) in [6, 6.07) is 84.8. The van der Waals surface area contributed by atoms with Crippen LogP contribution in [0.5, 0.6) is 0 Å². The van der Waals surface area contributed by atoms with Gasteiger partial charge in [0.1, 0.15) is 0 Å². The smallest absolute Gasteiger partial charge is 0.309 e. The summed E-state index contributed by atoms with van der Waals surface area (Å²) in [7, 11) is 0. The van der Waals surface area contributed by atoms with Crippen LogP contribution >= 0.6 is 15.9 Å². The molecule has 12 aromatic carbocycles. The van der Waals surface area contributed by atoms with Crippen LogP contribution in [-0.4, -0.2) is 59.2 Å². The van der Waals surface area contributed by atoms with Crippen LogP contribution in [0.1, 0.15) is 33.4 Å². The first-order valence-electron chi connectivity index (χ1n) is 32.8.